The van der Waals surface area contributed by atoms with Crippen molar-refractivity contribution in [1.82, 2.24) is 4.90 Å². The number of rotatable bonds is 4. The van der Waals surface area contributed by atoms with Crippen molar-refractivity contribution in [3.63, 3.8) is 0 Å². The molecular weight excluding hydrogens is 210 g/mol. The van der Waals surface area contributed by atoms with Gasteiger partial charge in [0.25, 0.3) is 0 Å². The predicted octanol–water partition coefficient (Wildman–Crippen LogP) is 2.64. The number of likely N-dealkylation sites (tertiary alicyclic amines) is 1. The number of aliphatic hydroxyl groups is 1. The minimum absolute atomic E-state index is 0.165. The Bertz CT molecular complexity index is 315. The first-order valence-electron chi connectivity index (χ1n) is 6.71. The minimum Gasteiger partial charge on any atom is -0.393 e. The second-order valence-corrected chi connectivity index (χ2v) is 5.16. The molecule has 1 N–H and O–H groups in total. The number of benzene rings is 1. The second-order valence-electron chi connectivity index (χ2n) is 5.16. The number of aliphatic hydroxyl groups excluding tert-OH is 1. The molecule has 0 spiro atoms. The fraction of sp³-hybridized carbons (Fsp3) is 0.600. The van der Waals surface area contributed by atoms with E-state index in [0.29, 0.717) is 0 Å². The molecule has 0 aromatic heterocycles. The van der Waals surface area contributed by atoms with Crippen LogP contribution in [-0.2, 0) is 0 Å². The average Bonchev–Trinajstić information content (AvgIpc) is 2.38. The van der Waals surface area contributed by atoms with Crippen molar-refractivity contribution in [3.8, 4) is 0 Å². The van der Waals surface area contributed by atoms with Crippen molar-refractivity contribution in [2.45, 2.75) is 38.2 Å². The average molecular weight is 233 g/mol. The highest BCUT2D eigenvalue weighted by Crippen LogP contribution is 2.27. The third-order valence-electron chi connectivity index (χ3n) is 3.72. The van der Waals surface area contributed by atoms with Gasteiger partial charge in [-0.15, -0.1) is 0 Å². The molecule has 0 bridgehead atoms. The van der Waals surface area contributed by atoms with Gasteiger partial charge in [-0.2, -0.15) is 0 Å². The fourth-order valence-electron chi connectivity index (χ4n) is 2.58. The molecule has 0 amide bonds. The third kappa shape index (κ3) is 3.83. The maximum atomic E-state index is 9.29. The molecule has 17 heavy (non-hydrogen) atoms. The van der Waals surface area contributed by atoms with Crippen LogP contribution in [0.2, 0.25) is 0 Å². The van der Waals surface area contributed by atoms with Crippen LogP contribution < -0.4 is 0 Å². The normalized spacial score (nSPS) is 20.4. The van der Waals surface area contributed by atoms with Gasteiger partial charge in [0.05, 0.1) is 6.10 Å². The first-order chi connectivity index (χ1) is 8.25. The van der Waals surface area contributed by atoms with Crippen LogP contribution in [0.1, 0.15) is 37.7 Å². The van der Waals surface area contributed by atoms with E-state index in [1.165, 1.54) is 31.5 Å². The van der Waals surface area contributed by atoms with Gasteiger partial charge in [0.15, 0.2) is 0 Å². The van der Waals surface area contributed by atoms with E-state index in [4.69, 9.17) is 0 Å². The van der Waals surface area contributed by atoms with Gasteiger partial charge in [-0.3, -0.25) is 0 Å². The molecule has 1 atom stereocenters. The molecule has 1 saturated heterocycles. The summed E-state index contributed by atoms with van der Waals surface area (Å²) in [7, 11) is 0. The van der Waals surface area contributed by atoms with Crippen LogP contribution in [-0.4, -0.2) is 35.7 Å². The van der Waals surface area contributed by atoms with Crippen molar-refractivity contribution in [1.29, 1.82) is 0 Å². The van der Waals surface area contributed by atoms with E-state index in [9.17, 15) is 5.11 Å². The summed E-state index contributed by atoms with van der Waals surface area (Å²) >= 11 is 0. The van der Waals surface area contributed by atoms with Gasteiger partial charge >= 0.3 is 0 Å². The van der Waals surface area contributed by atoms with Gasteiger partial charge in [0.1, 0.15) is 0 Å². The number of nitrogens with zero attached hydrogens (tertiary/aromatic N) is 1. The summed E-state index contributed by atoms with van der Waals surface area (Å²) in [6.45, 7) is 5.26. The highest BCUT2D eigenvalue weighted by atomic mass is 16.3. The lowest BCUT2D eigenvalue weighted by Gasteiger charge is -2.32. The van der Waals surface area contributed by atoms with Gasteiger partial charge in [-0.1, -0.05) is 30.3 Å². The topological polar surface area (TPSA) is 23.5 Å². The Morgan fingerprint density at radius 3 is 2.47 bits per heavy atom. The lowest BCUT2D eigenvalue weighted by atomic mass is 9.89. The van der Waals surface area contributed by atoms with Gasteiger partial charge in [-0.25, -0.2) is 0 Å². The van der Waals surface area contributed by atoms with Crippen LogP contribution in [0.5, 0.6) is 0 Å². The second kappa shape index (κ2) is 6.18. The summed E-state index contributed by atoms with van der Waals surface area (Å²) in [6.07, 6.45) is 3.24. The van der Waals surface area contributed by atoms with E-state index < -0.39 is 0 Å². The molecule has 1 aromatic rings. The van der Waals surface area contributed by atoms with Crippen molar-refractivity contribution in [3.05, 3.63) is 35.9 Å². The quantitative estimate of drug-likeness (QED) is 0.864. The Morgan fingerprint density at radius 1 is 1.24 bits per heavy atom. The lowest BCUT2D eigenvalue weighted by molar-refractivity contribution is 0.142. The number of piperidine rings is 1. The number of hydrogen-bond acceptors (Lipinski definition) is 2. The Balaban J connectivity index is 1.78. The molecule has 1 unspecified atom stereocenters. The van der Waals surface area contributed by atoms with Gasteiger partial charge in [0, 0.05) is 6.54 Å². The van der Waals surface area contributed by atoms with Crippen molar-refractivity contribution in [2.24, 2.45) is 0 Å². The maximum Gasteiger partial charge on any atom is 0.0524 e. The molecule has 0 aliphatic carbocycles. The van der Waals surface area contributed by atoms with Crippen LogP contribution in [0.3, 0.4) is 0 Å². The van der Waals surface area contributed by atoms with E-state index in [1.807, 2.05) is 6.92 Å². The van der Waals surface area contributed by atoms with Crippen molar-refractivity contribution in [2.75, 3.05) is 19.6 Å². The highest BCUT2D eigenvalue weighted by molar-refractivity contribution is 5.19. The van der Waals surface area contributed by atoms with E-state index in [-0.39, 0.29) is 6.10 Å². The van der Waals surface area contributed by atoms with Gasteiger partial charge in [0.2, 0.25) is 0 Å². The summed E-state index contributed by atoms with van der Waals surface area (Å²) in [5.41, 5.74) is 1.49. The smallest absolute Gasteiger partial charge is 0.0524 e. The predicted molar refractivity (Wildman–Crippen MR) is 71.2 cm³/mol. The summed E-state index contributed by atoms with van der Waals surface area (Å²) in [6, 6.07) is 10.8. The Labute approximate surface area is 104 Å². The van der Waals surface area contributed by atoms with E-state index in [2.05, 4.69) is 35.2 Å². The van der Waals surface area contributed by atoms with Crippen LogP contribution in [0, 0.1) is 0 Å². The molecular formula is C15H23NO. The standard InChI is InChI=1S/C15H23NO/c1-13(17)7-10-16-11-8-15(9-12-16)14-5-3-2-4-6-14/h2-6,13,15,17H,7-12H2,1H3. The maximum absolute atomic E-state index is 9.29. The Morgan fingerprint density at radius 2 is 1.88 bits per heavy atom. The summed E-state index contributed by atoms with van der Waals surface area (Å²) in [5, 5.41) is 9.29. The van der Waals surface area contributed by atoms with Crippen LogP contribution in [0.15, 0.2) is 30.3 Å². The molecule has 94 valence electrons. The van der Waals surface area contributed by atoms with Crippen molar-refractivity contribution < 1.29 is 5.11 Å². The SMILES string of the molecule is CC(O)CCN1CCC(c2ccccc2)CC1. The third-order valence-corrected chi connectivity index (χ3v) is 3.72. The fourth-order valence-corrected chi connectivity index (χ4v) is 2.58. The van der Waals surface area contributed by atoms with Crippen LogP contribution in [0.4, 0.5) is 0 Å². The molecule has 0 radical (unpaired) electrons. The molecule has 2 heteroatoms. The summed E-state index contributed by atoms with van der Waals surface area (Å²) < 4.78 is 0. The largest absolute Gasteiger partial charge is 0.393 e. The van der Waals surface area contributed by atoms with Gasteiger partial charge in [-0.05, 0) is 50.8 Å². The van der Waals surface area contributed by atoms with E-state index in [1.54, 1.807) is 0 Å². The van der Waals surface area contributed by atoms with E-state index in [0.717, 1.165) is 18.9 Å². The van der Waals surface area contributed by atoms with Crippen molar-refractivity contribution >= 4 is 0 Å². The minimum atomic E-state index is -0.165. The molecule has 0 saturated carbocycles. The molecule has 1 fully saturated rings. The molecule has 1 aliphatic heterocycles. The summed E-state index contributed by atoms with van der Waals surface area (Å²) in [5.74, 6) is 0.735. The zero-order chi connectivity index (χ0) is 12.1. The van der Waals surface area contributed by atoms with Crippen LogP contribution >= 0.6 is 0 Å². The highest BCUT2D eigenvalue weighted by Gasteiger charge is 2.20. The first-order valence-corrected chi connectivity index (χ1v) is 6.71. The first kappa shape index (κ1) is 12.6. The molecule has 1 aromatic carbocycles. The van der Waals surface area contributed by atoms with Gasteiger partial charge < -0.3 is 10.0 Å². The lowest BCUT2D eigenvalue weighted by Crippen LogP contribution is -2.34. The van der Waals surface area contributed by atoms with E-state index >= 15 is 0 Å². The zero-order valence-corrected chi connectivity index (χ0v) is 10.7. The molecule has 1 heterocycles. The number of hydrogen-bond donors (Lipinski definition) is 1. The molecule has 1 aliphatic rings. The molecule has 2 rings (SSSR count). The molecule has 2 nitrogen and oxygen atoms in total. The Hall–Kier alpha value is -0.860. The zero-order valence-electron chi connectivity index (χ0n) is 10.7. The Kier molecular flexibility index (Phi) is 4.57. The monoisotopic (exact) mass is 233 g/mol. The van der Waals surface area contributed by atoms with Crippen LogP contribution in [0.25, 0.3) is 0 Å². The summed E-state index contributed by atoms with van der Waals surface area (Å²) in [4.78, 5) is 2.48.